The van der Waals surface area contributed by atoms with Crippen molar-refractivity contribution in [3.05, 3.63) is 88.0 Å². The van der Waals surface area contributed by atoms with Crippen molar-refractivity contribution in [2.45, 2.75) is 0 Å². The van der Waals surface area contributed by atoms with Crippen molar-refractivity contribution in [3.8, 4) is 11.1 Å². The van der Waals surface area contributed by atoms with Crippen molar-refractivity contribution in [2.24, 2.45) is 0 Å². The molecule has 4 rings (SSSR count). The van der Waals surface area contributed by atoms with E-state index in [1.54, 1.807) is 30.5 Å². The van der Waals surface area contributed by atoms with E-state index in [0.29, 0.717) is 26.4 Å². The molecule has 2 amide bonds. The molecule has 0 aliphatic heterocycles. The van der Waals surface area contributed by atoms with Crippen LogP contribution in [0, 0.1) is 0 Å². The molecule has 29 heavy (non-hydrogen) atoms. The molecule has 0 aliphatic carbocycles. The zero-order valence-electron chi connectivity index (χ0n) is 14.9. The molecule has 7 heteroatoms. The number of pyridine rings is 1. The summed E-state index contributed by atoms with van der Waals surface area (Å²) >= 11 is 18.2. The number of fused-ring (bicyclic) bond motifs is 1. The highest BCUT2D eigenvalue weighted by molar-refractivity contribution is 6.42. The Hall–Kier alpha value is -2.79. The summed E-state index contributed by atoms with van der Waals surface area (Å²) in [5.41, 5.74) is 3.64. The lowest BCUT2D eigenvalue weighted by Crippen LogP contribution is -2.20. The second kappa shape index (κ2) is 8.29. The fourth-order valence-corrected chi connectivity index (χ4v) is 3.50. The van der Waals surface area contributed by atoms with Gasteiger partial charge in [-0.25, -0.2) is 4.79 Å². The van der Waals surface area contributed by atoms with Gasteiger partial charge in [-0.15, -0.1) is 0 Å². The molecule has 0 saturated carbocycles. The van der Waals surface area contributed by atoms with Gasteiger partial charge in [0, 0.05) is 21.7 Å². The molecular weight excluding hydrogens is 429 g/mol. The third-order valence-corrected chi connectivity index (χ3v) is 5.29. The summed E-state index contributed by atoms with van der Waals surface area (Å²) in [6.45, 7) is 0. The maximum atomic E-state index is 12.6. The molecular formula is C22H14Cl3N3O. The van der Waals surface area contributed by atoms with Crippen LogP contribution in [0.4, 0.5) is 16.2 Å². The summed E-state index contributed by atoms with van der Waals surface area (Å²) in [6.07, 6.45) is 1.63. The minimum atomic E-state index is -0.427. The minimum Gasteiger partial charge on any atom is -0.308 e. The summed E-state index contributed by atoms with van der Waals surface area (Å²) in [7, 11) is 0. The maximum absolute atomic E-state index is 12.6. The van der Waals surface area contributed by atoms with E-state index in [-0.39, 0.29) is 0 Å². The van der Waals surface area contributed by atoms with Crippen LogP contribution in [0.15, 0.2) is 72.9 Å². The monoisotopic (exact) mass is 441 g/mol. The Morgan fingerprint density at radius 3 is 2.38 bits per heavy atom. The molecule has 1 aromatic heterocycles. The number of carbonyl (C=O) groups excluding carboxylic acids is 1. The van der Waals surface area contributed by atoms with E-state index < -0.39 is 6.03 Å². The molecule has 0 spiro atoms. The number of urea groups is 1. The van der Waals surface area contributed by atoms with Crippen LogP contribution in [-0.4, -0.2) is 11.0 Å². The Kier molecular flexibility index (Phi) is 5.58. The van der Waals surface area contributed by atoms with Gasteiger partial charge in [0.25, 0.3) is 0 Å². The minimum absolute atomic E-state index is 0.358. The van der Waals surface area contributed by atoms with Gasteiger partial charge in [0.2, 0.25) is 0 Å². The van der Waals surface area contributed by atoms with E-state index in [0.717, 1.165) is 22.0 Å². The van der Waals surface area contributed by atoms with E-state index in [2.05, 4.69) is 15.6 Å². The molecule has 0 saturated heterocycles. The van der Waals surface area contributed by atoms with E-state index in [1.807, 2.05) is 42.5 Å². The Morgan fingerprint density at radius 1 is 0.828 bits per heavy atom. The highest BCUT2D eigenvalue weighted by Gasteiger charge is 2.14. The first-order valence-electron chi connectivity index (χ1n) is 8.68. The normalized spacial score (nSPS) is 10.7. The van der Waals surface area contributed by atoms with Gasteiger partial charge in [-0.2, -0.15) is 0 Å². The number of aromatic nitrogens is 1. The molecule has 0 aliphatic rings. The van der Waals surface area contributed by atoms with Crippen LogP contribution < -0.4 is 10.6 Å². The van der Waals surface area contributed by atoms with E-state index >= 15 is 0 Å². The molecule has 2 N–H and O–H groups in total. The predicted octanol–water partition coefficient (Wildman–Crippen LogP) is 7.51. The van der Waals surface area contributed by atoms with Gasteiger partial charge in [-0.05, 0) is 42.0 Å². The molecule has 0 radical (unpaired) electrons. The summed E-state index contributed by atoms with van der Waals surface area (Å²) in [5, 5.41) is 7.83. The van der Waals surface area contributed by atoms with Gasteiger partial charge in [0.05, 0.1) is 27.4 Å². The smallest absolute Gasteiger partial charge is 0.308 e. The number of hydrogen-bond acceptors (Lipinski definition) is 2. The van der Waals surface area contributed by atoms with Crippen molar-refractivity contribution in [3.63, 3.8) is 0 Å². The Balaban J connectivity index is 1.73. The summed E-state index contributed by atoms with van der Waals surface area (Å²) in [6, 6.07) is 19.7. The zero-order valence-corrected chi connectivity index (χ0v) is 17.2. The first kappa shape index (κ1) is 19.5. The van der Waals surface area contributed by atoms with Crippen LogP contribution in [-0.2, 0) is 0 Å². The maximum Gasteiger partial charge on any atom is 0.323 e. The van der Waals surface area contributed by atoms with Gasteiger partial charge in [0.1, 0.15) is 0 Å². The zero-order chi connectivity index (χ0) is 20.4. The molecule has 4 aromatic rings. The summed E-state index contributed by atoms with van der Waals surface area (Å²) in [5.74, 6) is 0. The molecule has 4 nitrogen and oxygen atoms in total. The average Bonchev–Trinajstić information content (AvgIpc) is 2.71. The number of amides is 2. The van der Waals surface area contributed by atoms with Crippen molar-refractivity contribution in [1.29, 1.82) is 0 Å². The average molecular weight is 443 g/mol. The van der Waals surface area contributed by atoms with Crippen molar-refractivity contribution >= 4 is 63.1 Å². The lowest BCUT2D eigenvalue weighted by molar-refractivity contribution is 0.262. The molecule has 3 aromatic carbocycles. The van der Waals surface area contributed by atoms with Gasteiger partial charge < -0.3 is 10.6 Å². The fraction of sp³-hybridized carbons (Fsp3) is 0. The van der Waals surface area contributed by atoms with Gasteiger partial charge in [-0.3, -0.25) is 4.98 Å². The molecule has 144 valence electrons. The molecule has 0 bridgehead atoms. The van der Waals surface area contributed by atoms with Gasteiger partial charge >= 0.3 is 6.03 Å². The number of anilines is 2. The van der Waals surface area contributed by atoms with Crippen LogP contribution in [0.2, 0.25) is 15.1 Å². The van der Waals surface area contributed by atoms with Crippen LogP contribution in [0.1, 0.15) is 0 Å². The fourth-order valence-electron chi connectivity index (χ4n) is 3.03. The van der Waals surface area contributed by atoms with Gasteiger partial charge in [-0.1, -0.05) is 65.1 Å². The number of benzene rings is 3. The topological polar surface area (TPSA) is 54.0 Å². The first-order valence-corrected chi connectivity index (χ1v) is 9.81. The van der Waals surface area contributed by atoms with Crippen LogP contribution >= 0.6 is 34.8 Å². The summed E-state index contributed by atoms with van der Waals surface area (Å²) < 4.78 is 0. The standard InChI is InChI=1S/C22H14Cl3N3O/c23-14-6-9-19-16(10-14)21(13-4-2-1-3-5-13)20(12-26-19)28-22(29)27-15-7-8-17(24)18(25)11-15/h1-12H,(H2,27,28,29). The lowest BCUT2D eigenvalue weighted by Gasteiger charge is -2.15. The first-order chi connectivity index (χ1) is 14.0. The van der Waals surface area contributed by atoms with Gasteiger partial charge in [0.15, 0.2) is 0 Å². The molecule has 1 heterocycles. The Bertz CT molecular complexity index is 1210. The van der Waals surface area contributed by atoms with E-state index in [1.165, 1.54) is 0 Å². The molecule has 0 unspecified atom stereocenters. The third-order valence-electron chi connectivity index (χ3n) is 4.32. The van der Waals surface area contributed by atoms with Crippen molar-refractivity contribution in [2.75, 3.05) is 10.6 Å². The number of hydrogen-bond donors (Lipinski definition) is 2. The largest absolute Gasteiger partial charge is 0.323 e. The molecule has 0 fully saturated rings. The molecule has 0 atom stereocenters. The third kappa shape index (κ3) is 4.30. The van der Waals surface area contributed by atoms with Crippen molar-refractivity contribution in [1.82, 2.24) is 4.98 Å². The second-order valence-corrected chi connectivity index (χ2v) is 7.53. The second-order valence-electron chi connectivity index (χ2n) is 6.28. The van der Waals surface area contributed by atoms with Crippen molar-refractivity contribution < 1.29 is 4.79 Å². The van der Waals surface area contributed by atoms with Crippen LogP contribution in [0.5, 0.6) is 0 Å². The quantitative estimate of drug-likeness (QED) is 0.345. The Labute approximate surface area is 182 Å². The summed E-state index contributed by atoms with van der Waals surface area (Å²) in [4.78, 5) is 17.1. The Morgan fingerprint density at radius 2 is 1.62 bits per heavy atom. The lowest BCUT2D eigenvalue weighted by atomic mass is 9.99. The number of nitrogens with one attached hydrogen (secondary N) is 2. The number of nitrogens with zero attached hydrogens (tertiary/aromatic N) is 1. The highest BCUT2D eigenvalue weighted by Crippen LogP contribution is 2.35. The number of carbonyl (C=O) groups is 1. The number of halogens is 3. The van der Waals surface area contributed by atoms with E-state index in [9.17, 15) is 4.79 Å². The van der Waals surface area contributed by atoms with E-state index in [4.69, 9.17) is 34.8 Å². The predicted molar refractivity (Wildman–Crippen MR) is 121 cm³/mol. The van der Waals surface area contributed by atoms with Crippen LogP contribution in [0.3, 0.4) is 0 Å². The number of rotatable bonds is 3. The highest BCUT2D eigenvalue weighted by atomic mass is 35.5. The SMILES string of the molecule is O=C(Nc1ccc(Cl)c(Cl)c1)Nc1cnc2ccc(Cl)cc2c1-c1ccccc1. The van der Waals surface area contributed by atoms with Crippen LogP contribution in [0.25, 0.3) is 22.0 Å².